The summed E-state index contributed by atoms with van der Waals surface area (Å²) in [7, 11) is 3.88. The highest BCUT2D eigenvalue weighted by atomic mass is 16.5. The van der Waals surface area contributed by atoms with Crippen molar-refractivity contribution >= 4 is 11.9 Å². The zero-order valence-electron chi connectivity index (χ0n) is 29.0. The lowest BCUT2D eigenvalue weighted by Gasteiger charge is -2.32. The molecule has 0 aromatic heterocycles. The molecular formula is C37H63NO4. The van der Waals surface area contributed by atoms with Crippen LogP contribution in [-0.2, 0) is 16.0 Å². The van der Waals surface area contributed by atoms with Crippen LogP contribution in [0.5, 0.6) is 11.5 Å². The minimum absolute atomic E-state index is 0.0695. The number of aryl methyl sites for hydroxylation is 1. The van der Waals surface area contributed by atoms with E-state index in [2.05, 4.69) is 47.3 Å². The summed E-state index contributed by atoms with van der Waals surface area (Å²) in [6.07, 6.45) is 10.8. The van der Waals surface area contributed by atoms with Gasteiger partial charge in [0.05, 0.1) is 6.42 Å². The molecule has 0 spiro atoms. The Kier molecular flexibility index (Phi) is 20.9. The molecule has 5 heteroatoms. The van der Waals surface area contributed by atoms with Crippen LogP contribution in [-0.4, -0.2) is 37.5 Å². The van der Waals surface area contributed by atoms with Crippen LogP contribution in [0.15, 0.2) is 35.9 Å². The number of carbonyl (C=O) groups excluding carboxylic acids is 2. The van der Waals surface area contributed by atoms with Crippen molar-refractivity contribution in [3.8, 4) is 11.5 Å². The molecule has 240 valence electrons. The number of nitrogens with zero attached hydrogens (tertiary/aromatic N) is 1. The lowest BCUT2D eigenvalue weighted by atomic mass is 9.73. The molecule has 1 aromatic carbocycles. The summed E-state index contributed by atoms with van der Waals surface area (Å²) < 4.78 is 12.2. The summed E-state index contributed by atoms with van der Waals surface area (Å²) in [5.41, 5.74) is 4.21. The second-order valence-electron chi connectivity index (χ2n) is 11.5. The van der Waals surface area contributed by atoms with E-state index in [4.69, 9.17) is 9.47 Å². The first-order chi connectivity index (χ1) is 20.0. The van der Waals surface area contributed by atoms with Crippen molar-refractivity contribution in [2.45, 2.75) is 132 Å². The summed E-state index contributed by atoms with van der Waals surface area (Å²) >= 11 is 0. The average Bonchev–Trinajstić information content (AvgIpc) is 2.96. The topological polar surface area (TPSA) is 55.8 Å². The van der Waals surface area contributed by atoms with E-state index in [-0.39, 0.29) is 23.8 Å². The molecule has 0 heterocycles. The normalized spacial score (nSPS) is 16.7. The van der Waals surface area contributed by atoms with E-state index < -0.39 is 0 Å². The number of carbonyl (C=O) groups is 2. The van der Waals surface area contributed by atoms with Crippen molar-refractivity contribution in [2.75, 3.05) is 20.6 Å². The molecule has 0 N–H and O–H groups in total. The minimum atomic E-state index is -0.275. The van der Waals surface area contributed by atoms with E-state index in [0.29, 0.717) is 36.8 Å². The van der Waals surface area contributed by atoms with E-state index in [9.17, 15) is 9.59 Å². The van der Waals surface area contributed by atoms with Crippen LogP contribution in [0, 0.1) is 11.8 Å². The minimum Gasteiger partial charge on any atom is -0.426 e. The fourth-order valence-corrected chi connectivity index (χ4v) is 5.01. The molecule has 1 aliphatic carbocycles. The van der Waals surface area contributed by atoms with Crippen LogP contribution < -0.4 is 9.47 Å². The number of allylic oxidation sites excluding steroid dienone is 3. The number of hydrogen-bond acceptors (Lipinski definition) is 5. The first-order valence-corrected chi connectivity index (χ1v) is 16.6. The Balaban J connectivity index is 0.00000402. The van der Waals surface area contributed by atoms with Crippen molar-refractivity contribution in [1.29, 1.82) is 0 Å². The number of unbranched alkanes of at least 4 members (excludes halogenated alkanes) is 2. The predicted octanol–water partition coefficient (Wildman–Crippen LogP) is 10.1. The Bertz CT molecular complexity index is 978. The van der Waals surface area contributed by atoms with Crippen molar-refractivity contribution in [1.82, 2.24) is 4.90 Å². The monoisotopic (exact) mass is 585 g/mol. The fourth-order valence-electron chi connectivity index (χ4n) is 5.01. The van der Waals surface area contributed by atoms with Gasteiger partial charge in [-0.05, 0) is 89.6 Å². The second-order valence-corrected chi connectivity index (χ2v) is 11.5. The molecule has 42 heavy (non-hydrogen) atoms. The summed E-state index contributed by atoms with van der Waals surface area (Å²) in [5, 5.41) is 0. The van der Waals surface area contributed by atoms with E-state index in [1.165, 1.54) is 5.57 Å². The SMILES string of the molecule is C=C(C)C1CCC(C)=CC1c1c(OC(=O)CCC(C)CC)cc(CCCCC)cc1OC(=O)CCN(C)C.CC.CC. The van der Waals surface area contributed by atoms with Gasteiger partial charge in [-0.2, -0.15) is 0 Å². The van der Waals surface area contributed by atoms with Crippen LogP contribution in [0.25, 0.3) is 0 Å². The average molecular weight is 586 g/mol. The Morgan fingerprint density at radius 2 is 1.57 bits per heavy atom. The molecule has 1 aliphatic rings. The highest BCUT2D eigenvalue weighted by Gasteiger charge is 2.32. The molecule has 0 saturated carbocycles. The number of ether oxygens (including phenoxy) is 2. The molecule has 3 atom stereocenters. The summed E-state index contributed by atoms with van der Waals surface area (Å²) in [6.45, 7) is 23.6. The van der Waals surface area contributed by atoms with Gasteiger partial charge < -0.3 is 14.4 Å². The molecular weight excluding hydrogens is 522 g/mol. The maximum atomic E-state index is 13.1. The number of hydrogen-bond donors (Lipinski definition) is 0. The van der Waals surface area contributed by atoms with Crippen LogP contribution in [0.1, 0.15) is 137 Å². The first-order valence-electron chi connectivity index (χ1n) is 16.6. The lowest BCUT2D eigenvalue weighted by Crippen LogP contribution is -2.22. The highest BCUT2D eigenvalue weighted by molar-refractivity contribution is 5.76. The van der Waals surface area contributed by atoms with Gasteiger partial charge in [0.2, 0.25) is 0 Å². The van der Waals surface area contributed by atoms with Crippen LogP contribution in [0.3, 0.4) is 0 Å². The molecule has 0 amide bonds. The fraction of sp³-hybridized carbons (Fsp3) is 0.676. The smallest absolute Gasteiger partial charge is 0.312 e. The lowest BCUT2D eigenvalue weighted by molar-refractivity contribution is -0.135. The summed E-state index contributed by atoms with van der Waals surface area (Å²) in [5.74, 6) is 1.13. The Morgan fingerprint density at radius 1 is 1.00 bits per heavy atom. The Labute approximate surface area is 259 Å². The van der Waals surface area contributed by atoms with Crippen LogP contribution in [0.2, 0.25) is 0 Å². The highest BCUT2D eigenvalue weighted by Crippen LogP contribution is 2.47. The van der Waals surface area contributed by atoms with Crippen molar-refractivity contribution in [3.63, 3.8) is 0 Å². The van der Waals surface area contributed by atoms with Gasteiger partial charge in [-0.25, -0.2) is 0 Å². The standard InChI is InChI=1S/C33H51NO4.2C2H6/c1-9-11-12-13-26-21-29(37-31(35)17-15-24(5)10-2)33(28-20-25(6)14-16-27(28)23(3)4)30(22-26)38-32(36)18-19-34(7)8;2*1-2/h20-22,24,27-28H,3,9-19H2,1-2,4-8H3;2*1-2H3. The Morgan fingerprint density at radius 3 is 2.07 bits per heavy atom. The van der Waals surface area contributed by atoms with Gasteiger partial charge in [-0.15, -0.1) is 0 Å². The maximum Gasteiger partial charge on any atom is 0.312 e. The molecule has 2 rings (SSSR count). The molecule has 0 aliphatic heterocycles. The van der Waals surface area contributed by atoms with Crippen LogP contribution >= 0.6 is 0 Å². The van der Waals surface area contributed by atoms with E-state index in [1.54, 1.807) is 0 Å². The van der Waals surface area contributed by atoms with Crippen molar-refractivity contribution in [2.24, 2.45) is 11.8 Å². The van der Waals surface area contributed by atoms with Crippen molar-refractivity contribution in [3.05, 3.63) is 47.1 Å². The van der Waals surface area contributed by atoms with Gasteiger partial charge in [0.25, 0.3) is 0 Å². The van der Waals surface area contributed by atoms with E-state index in [0.717, 1.165) is 68.1 Å². The third kappa shape index (κ3) is 14.2. The first kappa shape index (κ1) is 39.6. The number of rotatable bonds is 15. The molecule has 3 unspecified atom stereocenters. The third-order valence-electron chi connectivity index (χ3n) is 7.70. The molecule has 0 fully saturated rings. The quantitative estimate of drug-likeness (QED) is 0.0887. The molecule has 5 nitrogen and oxygen atoms in total. The van der Waals surface area contributed by atoms with Gasteiger partial charge in [0.15, 0.2) is 0 Å². The van der Waals surface area contributed by atoms with E-state index in [1.807, 2.05) is 58.8 Å². The summed E-state index contributed by atoms with van der Waals surface area (Å²) in [6, 6.07) is 4.01. The number of esters is 2. The predicted molar refractivity (Wildman–Crippen MR) is 180 cm³/mol. The van der Waals surface area contributed by atoms with Gasteiger partial charge in [-0.1, -0.05) is 91.5 Å². The van der Waals surface area contributed by atoms with E-state index >= 15 is 0 Å². The molecule has 0 bridgehead atoms. The van der Waals surface area contributed by atoms with Crippen LogP contribution in [0.4, 0.5) is 0 Å². The van der Waals surface area contributed by atoms with Gasteiger partial charge in [0, 0.05) is 24.4 Å². The second kappa shape index (κ2) is 22.2. The van der Waals surface area contributed by atoms with Gasteiger partial charge in [0.1, 0.15) is 11.5 Å². The van der Waals surface area contributed by atoms with Gasteiger partial charge >= 0.3 is 11.9 Å². The zero-order chi connectivity index (χ0) is 32.2. The largest absolute Gasteiger partial charge is 0.426 e. The zero-order valence-corrected chi connectivity index (χ0v) is 29.0. The Hall–Kier alpha value is -2.40. The van der Waals surface area contributed by atoms with Crippen molar-refractivity contribution < 1.29 is 19.1 Å². The molecule has 0 radical (unpaired) electrons. The third-order valence-corrected chi connectivity index (χ3v) is 7.70. The summed E-state index contributed by atoms with van der Waals surface area (Å²) in [4.78, 5) is 28.0. The van der Waals surface area contributed by atoms with Gasteiger partial charge in [-0.3, -0.25) is 9.59 Å². The number of benzene rings is 1. The maximum absolute atomic E-state index is 13.1. The molecule has 1 aromatic rings. The molecule has 0 saturated heterocycles.